The maximum atomic E-state index is 12.4. The molecule has 0 saturated heterocycles. The third-order valence-electron chi connectivity index (χ3n) is 3.35. The summed E-state index contributed by atoms with van der Waals surface area (Å²) in [6.45, 7) is 0.454. The first-order valence-corrected chi connectivity index (χ1v) is 7.73. The summed E-state index contributed by atoms with van der Waals surface area (Å²) in [5.41, 5.74) is 1.68. The fourth-order valence-corrected chi connectivity index (χ4v) is 2.54. The molecule has 0 amide bonds. The van der Waals surface area contributed by atoms with E-state index >= 15 is 0 Å². The minimum absolute atomic E-state index is 0.0934. The first-order valence-electron chi connectivity index (χ1n) is 6.97. The van der Waals surface area contributed by atoms with Gasteiger partial charge >= 0.3 is 0 Å². The van der Waals surface area contributed by atoms with Gasteiger partial charge in [0.25, 0.3) is 5.56 Å². The van der Waals surface area contributed by atoms with E-state index in [0.29, 0.717) is 22.9 Å². The molecule has 1 heterocycles. The van der Waals surface area contributed by atoms with E-state index < -0.39 is 0 Å². The van der Waals surface area contributed by atoms with Crippen molar-refractivity contribution in [2.45, 2.75) is 6.54 Å². The Morgan fingerprint density at radius 3 is 2.43 bits per heavy atom. The highest BCUT2D eigenvalue weighted by atomic mass is 35.5. The molecule has 0 saturated carbocycles. The minimum Gasteiger partial charge on any atom is -0.378 e. The standard InChI is InChI=1S/C17H13Cl2N3O/c18-14-9-5-4-6-12(14)10-20-15-11-21-22(17(23)16(15)19)13-7-2-1-3-8-13/h1-9,11,20H,10H2. The number of aromatic nitrogens is 2. The number of benzene rings is 2. The van der Waals surface area contributed by atoms with Crippen molar-refractivity contribution in [2.24, 2.45) is 0 Å². The topological polar surface area (TPSA) is 46.9 Å². The van der Waals surface area contributed by atoms with Crippen molar-refractivity contribution >= 4 is 28.9 Å². The number of nitrogens with one attached hydrogen (secondary N) is 1. The lowest BCUT2D eigenvalue weighted by Crippen LogP contribution is -2.22. The Morgan fingerprint density at radius 1 is 1.00 bits per heavy atom. The monoisotopic (exact) mass is 345 g/mol. The van der Waals surface area contributed by atoms with Crippen LogP contribution in [0.1, 0.15) is 5.56 Å². The van der Waals surface area contributed by atoms with E-state index in [1.807, 2.05) is 42.5 Å². The van der Waals surface area contributed by atoms with Crippen molar-refractivity contribution in [2.75, 3.05) is 5.32 Å². The Morgan fingerprint density at radius 2 is 1.70 bits per heavy atom. The Balaban J connectivity index is 1.87. The van der Waals surface area contributed by atoms with Gasteiger partial charge < -0.3 is 5.32 Å². The molecule has 0 spiro atoms. The van der Waals surface area contributed by atoms with Crippen LogP contribution in [0.4, 0.5) is 5.69 Å². The predicted molar refractivity (Wildman–Crippen MR) is 93.6 cm³/mol. The number of hydrogen-bond acceptors (Lipinski definition) is 3. The van der Waals surface area contributed by atoms with Crippen molar-refractivity contribution in [3.63, 3.8) is 0 Å². The van der Waals surface area contributed by atoms with Gasteiger partial charge in [-0.2, -0.15) is 9.78 Å². The third-order valence-corrected chi connectivity index (χ3v) is 4.08. The lowest BCUT2D eigenvalue weighted by atomic mass is 10.2. The zero-order valence-corrected chi connectivity index (χ0v) is 13.6. The molecule has 0 fully saturated rings. The van der Waals surface area contributed by atoms with Crippen LogP contribution in [0.25, 0.3) is 5.69 Å². The zero-order chi connectivity index (χ0) is 16.2. The lowest BCUT2D eigenvalue weighted by Gasteiger charge is -2.11. The van der Waals surface area contributed by atoms with Gasteiger partial charge in [-0.3, -0.25) is 4.79 Å². The highest BCUT2D eigenvalue weighted by Crippen LogP contribution is 2.20. The fraction of sp³-hybridized carbons (Fsp3) is 0.0588. The SMILES string of the molecule is O=c1c(Cl)c(NCc2ccccc2Cl)cnn1-c1ccccc1. The fourth-order valence-electron chi connectivity index (χ4n) is 2.14. The molecular weight excluding hydrogens is 333 g/mol. The van der Waals surface area contributed by atoms with Gasteiger partial charge in [-0.05, 0) is 23.8 Å². The van der Waals surface area contributed by atoms with E-state index in [-0.39, 0.29) is 10.6 Å². The molecule has 3 aromatic rings. The van der Waals surface area contributed by atoms with Crippen LogP contribution in [0, 0.1) is 0 Å². The van der Waals surface area contributed by atoms with Crippen molar-refractivity contribution in [1.29, 1.82) is 0 Å². The highest BCUT2D eigenvalue weighted by Gasteiger charge is 2.10. The molecule has 0 aliphatic rings. The van der Waals surface area contributed by atoms with E-state index in [4.69, 9.17) is 23.2 Å². The second-order valence-electron chi connectivity index (χ2n) is 4.87. The largest absolute Gasteiger partial charge is 0.378 e. The molecule has 116 valence electrons. The van der Waals surface area contributed by atoms with Crippen LogP contribution < -0.4 is 10.9 Å². The molecule has 1 aromatic heterocycles. The molecule has 0 bridgehead atoms. The second-order valence-corrected chi connectivity index (χ2v) is 5.65. The summed E-state index contributed by atoms with van der Waals surface area (Å²) in [6, 6.07) is 16.6. The predicted octanol–water partition coefficient (Wildman–Crippen LogP) is 4.15. The first kappa shape index (κ1) is 15.6. The van der Waals surface area contributed by atoms with Gasteiger partial charge in [-0.15, -0.1) is 0 Å². The number of hydrogen-bond donors (Lipinski definition) is 1. The van der Waals surface area contributed by atoms with E-state index in [1.54, 1.807) is 12.1 Å². The number of halogens is 2. The number of anilines is 1. The van der Waals surface area contributed by atoms with Gasteiger partial charge in [0.05, 0.1) is 17.6 Å². The number of rotatable bonds is 4. The van der Waals surface area contributed by atoms with E-state index in [2.05, 4.69) is 10.4 Å². The third kappa shape index (κ3) is 3.38. The van der Waals surface area contributed by atoms with Crippen molar-refractivity contribution in [3.05, 3.63) is 86.8 Å². The molecule has 1 N–H and O–H groups in total. The summed E-state index contributed by atoms with van der Waals surface area (Å²) in [5, 5.41) is 8.01. The van der Waals surface area contributed by atoms with Crippen LogP contribution >= 0.6 is 23.2 Å². The Hall–Kier alpha value is -2.30. The molecule has 4 nitrogen and oxygen atoms in total. The molecule has 6 heteroatoms. The summed E-state index contributed by atoms with van der Waals surface area (Å²) >= 11 is 12.3. The maximum absolute atomic E-state index is 12.4. The van der Waals surface area contributed by atoms with Crippen LogP contribution in [-0.2, 0) is 6.54 Å². The molecule has 2 aromatic carbocycles. The summed E-state index contributed by atoms with van der Waals surface area (Å²) in [6.07, 6.45) is 1.54. The van der Waals surface area contributed by atoms with Gasteiger partial charge in [-0.25, -0.2) is 0 Å². The van der Waals surface area contributed by atoms with Crippen molar-refractivity contribution in [3.8, 4) is 5.69 Å². The lowest BCUT2D eigenvalue weighted by molar-refractivity contribution is 0.807. The van der Waals surface area contributed by atoms with Crippen LogP contribution in [0.15, 0.2) is 65.6 Å². The van der Waals surface area contributed by atoms with Crippen LogP contribution in [0.3, 0.4) is 0 Å². The first-order chi connectivity index (χ1) is 11.2. The van der Waals surface area contributed by atoms with E-state index in [1.165, 1.54) is 10.9 Å². The molecular formula is C17H13Cl2N3O. The molecule has 0 unspecified atom stereocenters. The minimum atomic E-state index is -0.373. The Labute approximate surface area is 143 Å². The van der Waals surface area contributed by atoms with Crippen LogP contribution in [0.5, 0.6) is 0 Å². The van der Waals surface area contributed by atoms with Gasteiger partial charge in [0.1, 0.15) is 5.02 Å². The zero-order valence-electron chi connectivity index (χ0n) is 12.0. The smallest absolute Gasteiger partial charge is 0.292 e. The summed E-state index contributed by atoms with van der Waals surface area (Å²) in [7, 11) is 0. The van der Waals surface area contributed by atoms with Gasteiger partial charge in [0.2, 0.25) is 0 Å². The quantitative estimate of drug-likeness (QED) is 0.772. The average molecular weight is 346 g/mol. The Kier molecular flexibility index (Phi) is 4.65. The van der Waals surface area contributed by atoms with E-state index in [9.17, 15) is 4.79 Å². The maximum Gasteiger partial charge on any atom is 0.292 e. The van der Waals surface area contributed by atoms with Gasteiger partial charge in [0, 0.05) is 11.6 Å². The van der Waals surface area contributed by atoms with Crippen molar-refractivity contribution in [1.82, 2.24) is 9.78 Å². The molecule has 3 rings (SSSR count). The molecule has 23 heavy (non-hydrogen) atoms. The molecule has 0 aliphatic heterocycles. The van der Waals surface area contributed by atoms with Gasteiger partial charge in [0.15, 0.2) is 0 Å². The summed E-state index contributed by atoms with van der Waals surface area (Å²) < 4.78 is 1.27. The summed E-state index contributed by atoms with van der Waals surface area (Å²) in [4.78, 5) is 12.4. The summed E-state index contributed by atoms with van der Waals surface area (Å²) in [5.74, 6) is 0. The van der Waals surface area contributed by atoms with E-state index in [0.717, 1.165) is 5.56 Å². The molecule has 0 aliphatic carbocycles. The highest BCUT2D eigenvalue weighted by molar-refractivity contribution is 6.33. The molecule has 0 atom stereocenters. The number of nitrogens with zero attached hydrogens (tertiary/aromatic N) is 2. The molecule has 0 radical (unpaired) electrons. The average Bonchev–Trinajstić information content (AvgIpc) is 2.58. The van der Waals surface area contributed by atoms with Crippen molar-refractivity contribution < 1.29 is 0 Å². The Bertz CT molecular complexity index is 879. The van der Waals surface area contributed by atoms with Crippen LogP contribution in [-0.4, -0.2) is 9.78 Å². The second kappa shape index (κ2) is 6.86. The van der Waals surface area contributed by atoms with Gasteiger partial charge in [-0.1, -0.05) is 59.6 Å². The normalized spacial score (nSPS) is 10.5. The number of para-hydroxylation sites is 1. The van der Waals surface area contributed by atoms with Crippen LogP contribution in [0.2, 0.25) is 10.0 Å².